The molecule has 0 aromatic heterocycles. The van der Waals surface area contributed by atoms with Crippen molar-refractivity contribution in [3.63, 3.8) is 0 Å². The van der Waals surface area contributed by atoms with Crippen molar-refractivity contribution in [3.8, 4) is 0 Å². The van der Waals surface area contributed by atoms with Gasteiger partial charge in [0.25, 0.3) is 0 Å². The summed E-state index contributed by atoms with van der Waals surface area (Å²) in [5.41, 5.74) is 2.34. The molecule has 2 rings (SSSR count). The van der Waals surface area contributed by atoms with Gasteiger partial charge >= 0.3 is 0 Å². The fourth-order valence-electron chi connectivity index (χ4n) is 1.84. The molecule has 0 N–H and O–H groups in total. The predicted octanol–water partition coefficient (Wildman–Crippen LogP) is 5.03. The molecular formula is C16H17BrO2S. The SMILES string of the molecule is COC(OC)c1ccc(SCc2ccc(Br)cc2)cc1. The average Bonchev–Trinajstić information content (AvgIpc) is 2.49. The molecule has 4 heteroatoms. The van der Waals surface area contributed by atoms with Crippen LogP contribution < -0.4 is 0 Å². The van der Waals surface area contributed by atoms with Crippen LogP contribution in [0, 0.1) is 0 Å². The summed E-state index contributed by atoms with van der Waals surface area (Å²) in [6.07, 6.45) is -0.291. The second-order valence-electron chi connectivity index (χ2n) is 4.29. The molecule has 0 atom stereocenters. The molecule has 20 heavy (non-hydrogen) atoms. The van der Waals surface area contributed by atoms with Crippen molar-refractivity contribution in [1.82, 2.24) is 0 Å². The Morgan fingerprint density at radius 1 is 0.950 bits per heavy atom. The molecule has 2 aromatic rings. The summed E-state index contributed by atoms with van der Waals surface area (Å²) in [6.45, 7) is 0. The molecule has 2 aromatic carbocycles. The number of hydrogen-bond acceptors (Lipinski definition) is 3. The molecule has 0 heterocycles. The first-order valence-electron chi connectivity index (χ1n) is 6.25. The standard InChI is InChI=1S/C16H17BrO2S/c1-18-16(19-2)13-5-9-15(10-6-13)20-11-12-3-7-14(17)8-4-12/h3-10,16H,11H2,1-2H3. The molecule has 0 saturated carbocycles. The van der Waals surface area contributed by atoms with E-state index in [-0.39, 0.29) is 6.29 Å². The normalized spacial score (nSPS) is 11.0. The van der Waals surface area contributed by atoms with Gasteiger partial charge in [0, 0.05) is 34.9 Å². The van der Waals surface area contributed by atoms with Crippen LogP contribution in [0.2, 0.25) is 0 Å². The lowest BCUT2D eigenvalue weighted by atomic mass is 10.2. The van der Waals surface area contributed by atoms with Gasteiger partial charge in [-0.05, 0) is 29.8 Å². The molecule has 2 nitrogen and oxygen atoms in total. The fourth-order valence-corrected chi connectivity index (χ4v) is 2.96. The van der Waals surface area contributed by atoms with E-state index in [9.17, 15) is 0 Å². The van der Waals surface area contributed by atoms with Gasteiger partial charge < -0.3 is 9.47 Å². The van der Waals surface area contributed by atoms with Gasteiger partial charge in [-0.1, -0.05) is 40.2 Å². The van der Waals surface area contributed by atoms with E-state index in [2.05, 4.69) is 52.3 Å². The Labute approximate surface area is 132 Å². The van der Waals surface area contributed by atoms with Crippen LogP contribution in [-0.2, 0) is 15.2 Å². The first kappa shape index (κ1) is 15.6. The van der Waals surface area contributed by atoms with E-state index in [1.807, 2.05) is 23.9 Å². The summed E-state index contributed by atoms with van der Waals surface area (Å²) in [6, 6.07) is 16.7. The van der Waals surface area contributed by atoms with Crippen LogP contribution in [0.1, 0.15) is 17.4 Å². The zero-order valence-corrected chi connectivity index (χ0v) is 13.9. The summed E-state index contributed by atoms with van der Waals surface area (Å²) >= 11 is 5.26. The summed E-state index contributed by atoms with van der Waals surface area (Å²) in [5, 5.41) is 0. The van der Waals surface area contributed by atoms with Crippen molar-refractivity contribution in [2.75, 3.05) is 14.2 Å². The second kappa shape index (κ2) is 7.84. The summed E-state index contributed by atoms with van der Waals surface area (Å²) < 4.78 is 11.6. The lowest BCUT2D eigenvalue weighted by Crippen LogP contribution is -2.02. The van der Waals surface area contributed by atoms with Crippen LogP contribution >= 0.6 is 27.7 Å². The molecule has 0 aliphatic heterocycles. The van der Waals surface area contributed by atoms with E-state index < -0.39 is 0 Å². The highest BCUT2D eigenvalue weighted by Crippen LogP contribution is 2.26. The van der Waals surface area contributed by atoms with Crippen molar-refractivity contribution in [3.05, 3.63) is 64.1 Å². The van der Waals surface area contributed by atoms with E-state index >= 15 is 0 Å². The van der Waals surface area contributed by atoms with Crippen LogP contribution in [0.5, 0.6) is 0 Å². The minimum absolute atomic E-state index is 0.291. The Morgan fingerprint density at radius 3 is 2.10 bits per heavy atom. The van der Waals surface area contributed by atoms with Crippen molar-refractivity contribution >= 4 is 27.7 Å². The van der Waals surface area contributed by atoms with E-state index in [1.54, 1.807) is 14.2 Å². The number of methoxy groups -OCH3 is 2. The first-order valence-corrected chi connectivity index (χ1v) is 8.03. The van der Waals surface area contributed by atoms with E-state index in [0.717, 1.165) is 15.8 Å². The topological polar surface area (TPSA) is 18.5 Å². The third-order valence-electron chi connectivity index (χ3n) is 2.90. The summed E-state index contributed by atoms with van der Waals surface area (Å²) in [7, 11) is 3.29. The second-order valence-corrected chi connectivity index (χ2v) is 6.25. The van der Waals surface area contributed by atoms with Crippen LogP contribution in [0.4, 0.5) is 0 Å². The maximum absolute atomic E-state index is 5.23. The Balaban J connectivity index is 1.95. The fraction of sp³-hybridized carbons (Fsp3) is 0.250. The van der Waals surface area contributed by atoms with Gasteiger partial charge in [0.1, 0.15) is 0 Å². The molecule has 0 radical (unpaired) electrons. The maximum atomic E-state index is 5.23. The van der Waals surface area contributed by atoms with E-state index in [4.69, 9.17) is 9.47 Å². The summed E-state index contributed by atoms with van der Waals surface area (Å²) in [4.78, 5) is 1.24. The number of rotatable bonds is 6. The maximum Gasteiger partial charge on any atom is 0.183 e. The van der Waals surface area contributed by atoms with Crippen LogP contribution in [-0.4, -0.2) is 14.2 Å². The molecule has 0 amide bonds. The Morgan fingerprint density at radius 2 is 1.55 bits per heavy atom. The monoisotopic (exact) mass is 352 g/mol. The zero-order valence-electron chi connectivity index (χ0n) is 11.5. The van der Waals surface area contributed by atoms with E-state index in [1.165, 1.54) is 10.5 Å². The number of ether oxygens (including phenoxy) is 2. The van der Waals surface area contributed by atoms with Crippen LogP contribution in [0.25, 0.3) is 0 Å². The molecule has 0 aliphatic rings. The Hall–Kier alpha value is -0.810. The van der Waals surface area contributed by atoms with Crippen LogP contribution in [0.15, 0.2) is 57.9 Å². The van der Waals surface area contributed by atoms with Gasteiger partial charge in [0.2, 0.25) is 0 Å². The third kappa shape index (κ3) is 4.35. The molecule has 0 bridgehead atoms. The predicted molar refractivity (Wildman–Crippen MR) is 86.9 cm³/mol. The largest absolute Gasteiger partial charge is 0.352 e. The van der Waals surface area contributed by atoms with Gasteiger partial charge in [0.05, 0.1) is 0 Å². The van der Waals surface area contributed by atoms with Gasteiger partial charge in [-0.2, -0.15) is 0 Å². The highest BCUT2D eigenvalue weighted by atomic mass is 79.9. The minimum atomic E-state index is -0.291. The van der Waals surface area contributed by atoms with Crippen molar-refractivity contribution in [1.29, 1.82) is 0 Å². The van der Waals surface area contributed by atoms with Gasteiger partial charge in [0.15, 0.2) is 6.29 Å². The van der Waals surface area contributed by atoms with Gasteiger partial charge in [-0.15, -0.1) is 11.8 Å². The molecule has 106 valence electrons. The number of hydrogen-bond donors (Lipinski definition) is 0. The number of thioether (sulfide) groups is 1. The van der Waals surface area contributed by atoms with Crippen molar-refractivity contribution in [2.24, 2.45) is 0 Å². The minimum Gasteiger partial charge on any atom is -0.352 e. The highest BCUT2D eigenvalue weighted by Gasteiger charge is 2.08. The van der Waals surface area contributed by atoms with E-state index in [0.29, 0.717) is 0 Å². The molecular weight excluding hydrogens is 336 g/mol. The highest BCUT2D eigenvalue weighted by molar-refractivity contribution is 9.10. The molecule has 0 unspecified atom stereocenters. The molecule has 0 aliphatic carbocycles. The Bertz CT molecular complexity index is 521. The molecule has 0 fully saturated rings. The summed E-state index contributed by atoms with van der Waals surface area (Å²) in [5.74, 6) is 0.963. The van der Waals surface area contributed by atoms with Crippen molar-refractivity contribution < 1.29 is 9.47 Å². The quantitative estimate of drug-likeness (QED) is 0.536. The smallest absolute Gasteiger partial charge is 0.183 e. The lowest BCUT2D eigenvalue weighted by molar-refractivity contribution is -0.106. The third-order valence-corrected chi connectivity index (χ3v) is 4.51. The molecule has 0 spiro atoms. The van der Waals surface area contributed by atoms with Gasteiger partial charge in [-0.3, -0.25) is 0 Å². The van der Waals surface area contributed by atoms with Crippen LogP contribution in [0.3, 0.4) is 0 Å². The zero-order chi connectivity index (χ0) is 14.4. The number of benzene rings is 2. The average molecular weight is 353 g/mol. The lowest BCUT2D eigenvalue weighted by Gasteiger charge is -2.13. The first-order chi connectivity index (χ1) is 9.72. The molecule has 0 saturated heterocycles. The Kier molecular flexibility index (Phi) is 6.10. The number of halogens is 1. The van der Waals surface area contributed by atoms with Gasteiger partial charge in [-0.25, -0.2) is 0 Å². The van der Waals surface area contributed by atoms with Crippen molar-refractivity contribution in [2.45, 2.75) is 16.9 Å².